The molecule has 1 aromatic rings. The van der Waals surface area contributed by atoms with E-state index in [0.717, 1.165) is 12.8 Å². The summed E-state index contributed by atoms with van der Waals surface area (Å²) < 4.78 is 5.31. The number of Topliss-reactive ketones (excluding diaryl/α,β-unsaturated/α-hetero) is 1. The first-order chi connectivity index (χ1) is 10.1. The monoisotopic (exact) mass is 284 g/mol. The third kappa shape index (κ3) is 2.43. The van der Waals surface area contributed by atoms with E-state index in [0.29, 0.717) is 29.0 Å². The zero-order valence-corrected chi connectivity index (χ0v) is 12.5. The molecule has 0 radical (unpaired) electrons. The summed E-state index contributed by atoms with van der Waals surface area (Å²) in [6.07, 6.45) is 4.23. The molecule has 0 N–H and O–H groups in total. The molecule has 2 saturated heterocycles. The number of methoxy groups -OCH3 is 1. The molecule has 2 atom stereocenters. The quantitative estimate of drug-likeness (QED) is 0.801. The second-order valence-corrected chi connectivity index (χ2v) is 6.11. The molecule has 2 unspecified atom stereocenters. The summed E-state index contributed by atoms with van der Waals surface area (Å²) in [4.78, 5) is 15.3. The van der Waals surface area contributed by atoms with E-state index >= 15 is 0 Å². The zero-order valence-electron chi connectivity index (χ0n) is 12.5. The molecule has 2 heterocycles. The van der Waals surface area contributed by atoms with Crippen LogP contribution in [0.25, 0.3) is 0 Å². The summed E-state index contributed by atoms with van der Waals surface area (Å²) in [5.74, 6) is 0.765. The predicted molar refractivity (Wildman–Crippen MR) is 79.3 cm³/mol. The maximum Gasteiger partial charge on any atom is 0.169 e. The van der Waals surface area contributed by atoms with E-state index in [1.165, 1.54) is 12.8 Å². The highest BCUT2D eigenvalue weighted by molar-refractivity contribution is 6.00. The van der Waals surface area contributed by atoms with Gasteiger partial charge in [-0.2, -0.15) is 5.26 Å². The standard InChI is InChI=1S/C17H20N2O2/c1-19-13-4-5-14(19)9-12(8-13)17(20)15-7-11(10-18)3-6-16(15)21-2/h3,6-7,12-14H,4-5,8-9H2,1-2H3. The van der Waals surface area contributed by atoms with Crippen LogP contribution in [0.2, 0.25) is 0 Å². The minimum absolute atomic E-state index is 0.0570. The Balaban J connectivity index is 1.87. The van der Waals surface area contributed by atoms with Crippen LogP contribution in [0.1, 0.15) is 41.6 Å². The SMILES string of the molecule is COc1ccc(C#N)cc1C(=O)C1CC2CCC(C1)N2C. The third-order valence-corrected chi connectivity index (χ3v) is 5.06. The van der Waals surface area contributed by atoms with Gasteiger partial charge in [-0.3, -0.25) is 4.79 Å². The minimum atomic E-state index is 0.0570. The Hall–Kier alpha value is -1.86. The van der Waals surface area contributed by atoms with Gasteiger partial charge in [0.15, 0.2) is 5.78 Å². The van der Waals surface area contributed by atoms with Crippen molar-refractivity contribution in [1.82, 2.24) is 4.90 Å². The molecular formula is C17H20N2O2. The highest BCUT2D eigenvalue weighted by atomic mass is 16.5. The van der Waals surface area contributed by atoms with Gasteiger partial charge in [-0.05, 0) is 50.9 Å². The van der Waals surface area contributed by atoms with Gasteiger partial charge in [-0.1, -0.05) is 0 Å². The molecule has 3 rings (SSSR count). The summed E-state index contributed by atoms with van der Waals surface area (Å²) in [6, 6.07) is 8.23. The molecule has 2 aliphatic rings. The van der Waals surface area contributed by atoms with Crippen LogP contribution in [0.4, 0.5) is 0 Å². The summed E-state index contributed by atoms with van der Waals surface area (Å²) in [7, 11) is 3.73. The number of carbonyl (C=O) groups is 1. The number of rotatable bonds is 3. The second kappa shape index (κ2) is 5.50. The van der Waals surface area contributed by atoms with Gasteiger partial charge in [-0.15, -0.1) is 0 Å². The van der Waals surface area contributed by atoms with Crippen molar-refractivity contribution in [3.63, 3.8) is 0 Å². The Kier molecular flexibility index (Phi) is 3.69. The Labute approximate surface area is 125 Å². The average molecular weight is 284 g/mol. The van der Waals surface area contributed by atoms with Crippen LogP contribution in [0.3, 0.4) is 0 Å². The lowest BCUT2D eigenvalue weighted by atomic mass is 9.84. The van der Waals surface area contributed by atoms with Crippen molar-refractivity contribution >= 4 is 5.78 Å². The van der Waals surface area contributed by atoms with Crippen molar-refractivity contribution < 1.29 is 9.53 Å². The van der Waals surface area contributed by atoms with Gasteiger partial charge in [-0.25, -0.2) is 0 Å². The van der Waals surface area contributed by atoms with Crippen molar-refractivity contribution in [2.45, 2.75) is 37.8 Å². The molecule has 0 aliphatic carbocycles. The van der Waals surface area contributed by atoms with Gasteiger partial charge in [0.05, 0.1) is 24.3 Å². The fourth-order valence-corrected chi connectivity index (χ4v) is 3.82. The number of carbonyl (C=O) groups excluding carboxylic acids is 1. The highest BCUT2D eigenvalue weighted by Crippen LogP contribution is 2.39. The number of benzene rings is 1. The molecule has 4 heteroatoms. The molecule has 2 aliphatic heterocycles. The molecule has 0 aromatic heterocycles. The summed E-state index contributed by atoms with van der Waals surface area (Å²) in [5.41, 5.74) is 1.07. The molecule has 2 bridgehead atoms. The Morgan fingerprint density at radius 3 is 2.57 bits per heavy atom. The van der Waals surface area contributed by atoms with Crippen LogP contribution >= 0.6 is 0 Å². The van der Waals surface area contributed by atoms with E-state index < -0.39 is 0 Å². The van der Waals surface area contributed by atoms with Crippen molar-refractivity contribution in [3.05, 3.63) is 29.3 Å². The minimum Gasteiger partial charge on any atom is -0.496 e. The maximum atomic E-state index is 12.9. The van der Waals surface area contributed by atoms with Gasteiger partial charge in [0, 0.05) is 18.0 Å². The van der Waals surface area contributed by atoms with E-state index in [2.05, 4.69) is 18.0 Å². The number of nitriles is 1. The van der Waals surface area contributed by atoms with E-state index in [9.17, 15) is 4.79 Å². The third-order valence-electron chi connectivity index (χ3n) is 5.06. The number of piperidine rings is 1. The van der Waals surface area contributed by atoms with Crippen LogP contribution in [-0.2, 0) is 0 Å². The summed E-state index contributed by atoms with van der Waals surface area (Å²) >= 11 is 0. The van der Waals surface area contributed by atoms with E-state index in [1.807, 2.05) is 0 Å². The Morgan fingerprint density at radius 2 is 2.00 bits per heavy atom. The van der Waals surface area contributed by atoms with Crippen molar-refractivity contribution in [2.75, 3.05) is 14.2 Å². The number of ether oxygens (including phenoxy) is 1. The number of hydrogen-bond acceptors (Lipinski definition) is 4. The van der Waals surface area contributed by atoms with Crippen LogP contribution in [0.15, 0.2) is 18.2 Å². The Bertz CT molecular complexity index is 591. The zero-order chi connectivity index (χ0) is 15.0. The van der Waals surface area contributed by atoms with Gasteiger partial charge in [0.25, 0.3) is 0 Å². The van der Waals surface area contributed by atoms with E-state index in [-0.39, 0.29) is 11.7 Å². The summed E-state index contributed by atoms with van der Waals surface area (Å²) in [6.45, 7) is 0. The lowest BCUT2D eigenvalue weighted by Crippen LogP contribution is -2.42. The maximum absolute atomic E-state index is 12.9. The van der Waals surface area contributed by atoms with E-state index in [1.54, 1.807) is 25.3 Å². The summed E-state index contributed by atoms with van der Waals surface area (Å²) in [5, 5.41) is 9.04. The van der Waals surface area contributed by atoms with Gasteiger partial charge in [0.2, 0.25) is 0 Å². The first-order valence-electron chi connectivity index (χ1n) is 7.48. The molecule has 0 saturated carbocycles. The smallest absolute Gasteiger partial charge is 0.169 e. The topological polar surface area (TPSA) is 53.3 Å². The van der Waals surface area contributed by atoms with Gasteiger partial charge >= 0.3 is 0 Å². The fraction of sp³-hybridized carbons (Fsp3) is 0.529. The molecule has 110 valence electrons. The lowest BCUT2D eigenvalue weighted by Gasteiger charge is -2.35. The molecule has 1 aromatic carbocycles. The number of nitrogens with zero attached hydrogens (tertiary/aromatic N) is 2. The van der Waals surface area contributed by atoms with Crippen molar-refractivity contribution in [3.8, 4) is 11.8 Å². The molecular weight excluding hydrogens is 264 g/mol. The largest absolute Gasteiger partial charge is 0.496 e. The molecule has 0 spiro atoms. The predicted octanol–water partition coefficient (Wildman–Crippen LogP) is 2.62. The van der Waals surface area contributed by atoms with Crippen LogP contribution < -0.4 is 4.74 Å². The van der Waals surface area contributed by atoms with Crippen LogP contribution in [0, 0.1) is 17.2 Å². The average Bonchev–Trinajstić information content (AvgIpc) is 2.75. The highest BCUT2D eigenvalue weighted by Gasteiger charge is 2.41. The molecule has 21 heavy (non-hydrogen) atoms. The number of hydrogen-bond donors (Lipinski definition) is 0. The molecule has 2 fully saturated rings. The normalized spacial score (nSPS) is 28.1. The number of fused-ring (bicyclic) bond motifs is 2. The first-order valence-corrected chi connectivity index (χ1v) is 7.48. The van der Waals surface area contributed by atoms with Crippen molar-refractivity contribution in [2.24, 2.45) is 5.92 Å². The van der Waals surface area contributed by atoms with Crippen LogP contribution in [-0.4, -0.2) is 36.9 Å². The number of ketones is 1. The van der Waals surface area contributed by atoms with E-state index in [4.69, 9.17) is 10.00 Å². The van der Waals surface area contributed by atoms with Gasteiger partial charge < -0.3 is 9.64 Å². The first kappa shape index (κ1) is 14.1. The second-order valence-electron chi connectivity index (χ2n) is 6.11. The molecule has 0 amide bonds. The fourth-order valence-electron chi connectivity index (χ4n) is 3.82. The lowest BCUT2D eigenvalue weighted by molar-refractivity contribution is 0.0764. The Morgan fingerprint density at radius 1 is 1.33 bits per heavy atom. The van der Waals surface area contributed by atoms with Crippen LogP contribution in [0.5, 0.6) is 5.75 Å². The molecule has 4 nitrogen and oxygen atoms in total. The van der Waals surface area contributed by atoms with Gasteiger partial charge in [0.1, 0.15) is 5.75 Å². The van der Waals surface area contributed by atoms with Crippen molar-refractivity contribution in [1.29, 1.82) is 5.26 Å².